The summed E-state index contributed by atoms with van der Waals surface area (Å²) in [6.07, 6.45) is 6.42. The van der Waals surface area contributed by atoms with Gasteiger partial charge in [0, 0.05) is 60.3 Å². The monoisotopic (exact) mass is 472 g/mol. The normalized spacial score (nSPS) is 16.1. The molecule has 1 aromatic carbocycles. The van der Waals surface area contributed by atoms with Gasteiger partial charge >= 0.3 is 0 Å². The smallest absolute Gasteiger partial charge is 0.225 e. The van der Waals surface area contributed by atoms with Gasteiger partial charge in [0.2, 0.25) is 5.91 Å². The lowest BCUT2D eigenvalue weighted by Gasteiger charge is -2.36. The van der Waals surface area contributed by atoms with Crippen LogP contribution < -0.4 is 0 Å². The molecule has 1 aliphatic heterocycles. The van der Waals surface area contributed by atoms with E-state index in [0.717, 1.165) is 79.6 Å². The predicted octanol–water partition coefficient (Wildman–Crippen LogP) is 5.89. The van der Waals surface area contributed by atoms with Gasteiger partial charge in [0.15, 0.2) is 4.96 Å². The van der Waals surface area contributed by atoms with Gasteiger partial charge < -0.3 is 4.90 Å². The zero-order chi connectivity index (χ0) is 22.7. The standard InChI is InChI=1S/C25H33ClN4OS/c1-4-6-7-19(5-2)24(31)29-14-12-28(13-15-29)17-22-23(20-8-10-21(26)11-9-20)27-25-30(22)16-18(3)32-25/h8-11,16,19H,4-7,12-15,17H2,1-3H3. The van der Waals surface area contributed by atoms with Crippen LogP contribution in [0.1, 0.15) is 50.1 Å². The van der Waals surface area contributed by atoms with Crippen molar-refractivity contribution in [3.05, 3.63) is 46.1 Å². The van der Waals surface area contributed by atoms with Gasteiger partial charge in [0.25, 0.3) is 0 Å². The average molecular weight is 473 g/mol. The number of unbranched alkanes of at least 4 members (excludes halogenated alkanes) is 1. The van der Waals surface area contributed by atoms with Crippen molar-refractivity contribution in [1.29, 1.82) is 0 Å². The second-order valence-corrected chi connectivity index (χ2v) is 10.4. The molecule has 1 saturated heterocycles. The van der Waals surface area contributed by atoms with E-state index >= 15 is 0 Å². The van der Waals surface area contributed by atoms with Crippen molar-refractivity contribution < 1.29 is 4.79 Å². The maximum absolute atomic E-state index is 13.0. The summed E-state index contributed by atoms with van der Waals surface area (Å²) in [5.41, 5.74) is 3.33. The van der Waals surface area contributed by atoms with Crippen LogP contribution in [0.25, 0.3) is 16.2 Å². The van der Waals surface area contributed by atoms with Crippen molar-refractivity contribution in [3.63, 3.8) is 0 Å². The third kappa shape index (κ3) is 5.03. The molecule has 1 unspecified atom stereocenters. The lowest BCUT2D eigenvalue weighted by Crippen LogP contribution is -2.50. The molecule has 1 atom stereocenters. The van der Waals surface area contributed by atoms with Crippen LogP contribution >= 0.6 is 22.9 Å². The van der Waals surface area contributed by atoms with E-state index in [-0.39, 0.29) is 5.92 Å². The summed E-state index contributed by atoms with van der Waals surface area (Å²) in [6.45, 7) is 10.7. The number of carbonyl (C=O) groups excluding carboxylic acids is 1. The number of hydrogen-bond donors (Lipinski definition) is 0. The average Bonchev–Trinajstić information content (AvgIpc) is 3.32. The zero-order valence-corrected chi connectivity index (χ0v) is 20.9. The molecular weight excluding hydrogens is 440 g/mol. The third-order valence-corrected chi connectivity index (χ3v) is 7.61. The second-order valence-electron chi connectivity index (χ2n) is 8.76. The number of aryl methyl sites for hydroxylation is 1. The molecule has 7 heteroatoms. The van der Waals surface area contributed by atoms with Crippen LogP contribution in [0, 0.1) is 12.8 Å². The van der Waals surface area contributed by atoms with Gasteiger partial charge in [0.1, 0.15) is 0 Å². The van der Waals surface area contributed by atoms with Crippen LogP contribution in [0.4, 0.5) is 0 Å². The van der Waals surface area contributed by atoms with Crippen molar-refractivity contribution in [2.24, 2.45) is 5.92 Å². The first-order valence-electron chi connectivity index (χ1n) is 11.7. The molecule has 3 aromatic rings. The Morgan fingerprint density at radius 1 is 1.16 bits per heavy atom. The maximum atomic E-state index is 13.0. The van der Waals surface area contributed by atoms with Crippen molar-refractivity contribution >= 4 is 33.8 Å². The Morgan fingerprint density at radius 2 is 1.88 bits per heavy atom. The Bertz CT molecular complexity index is 1050. The number of fused-ring (bicyclic) bond motifs is 1. The summed E-state index contributed by atoms with van der Waals surface area (Å²) in [7, 11) is 0. The Kier molecular flexibility index (Phi) is 7.54. The SMILES string of the molecule is CCCCC(CC)C(=O)N1CCN(Cc2c(-c3ccc(Cl)cc3)nc3sc(C)cn23)CC1. The fourth-order valence-electron chi connectivity index (χ4n) is 4.54. The highest BCUT2D eigenvalue weighted by Crippen LogP contribution is 2.30. The highest BCUT2D eigenvalue weighted by molar-refractivity contribution is 7.17. The van der Waals surface area contributed by atoms with Gasteiger partial charge in [-0.2, -0.15) is 0 Å². The topological polar surface area (TPSA) is 40.9 Å². The molecular formula is C25H33ClN4OS. The molecule has 1 aliphatic rings. The summed E-state index contributed by atoms with van der Waals surface area (Å²) >= 11 is 7.83. The maximum Gasteiger partial charge on any atom is 0.225 e. The van der Waals surface area contributed by atoms with E-state index in [9.17, 15) is 4.79 Å². The van der Waals surface area contributed by atoms with E-state index in [1.54, 1.807) is 11.3 Å². The molecule has 0 spiro atoms. The molecule has 2 aromatic heterocycles. The molecule has 32 heavy (non-hydrogen) atoms. The number of piperazine rings is 1. The molecule has 3 heterocycles. The van der Waals surface area contributed by atoms with E-state index in [0.29, 0.717) is 5.91 Å². The quantitative estimate of drug-likeness (QED) is 0.410. The summed E-state index contributed by atoms with van der Waals surface area (Å²) in [6, 6.07) is 7.94. The minimum absolute atomic E-state index is 0.182. The fourth-order valence-corrected chi connectivity index (χ4v) is 5.51. The van der Waals surface area contributed by atoms with Crippen LogP contribution in [0.15, 0.2) is 30.5 Å². The fraction of sp³-hybridized carbons (Fsp3) is 0.520. The Hall–Kier alpha value is -1.89. The largest absolute Gasteiger partial charge is 0.340 e. The van der Waals surface area contributed by atoms with Gasteiger partial charge in [-0.1, -0.05) is 50.4 Å². The zero-order valence-electron chi connectivity index (χ0n) is 19.3. The number of imidazole rings is 1. The highest BCUT2D eigenvalue weighted by atomic mass is 35.5. The second kappa shape index (κ2) is 10.4. The molecule has 1 amide bonds. The van der Waals surface area contributed by atoms with Gasteiger partial charge in [0.05, 0.1) is 11.4 Å². The number of benzene rings is 1. The lowest BCUT2D eigenvalue weighted by atomic mass is 9.97. The number of hydrogen-bond acceptors (Lipinski definition) is 4. The minimum Gasteiger partial charge on any atom is -0.340 e. The molecule has 0 bridgehead atoms. The van der Waals surface area contributed by atoms with Crippen LogP contribution in [-0.2, 0) is 11.3 Å². The first kappa shape index (κ1) is 23.3. The number of rotatable bonds is 8. The first-order valence-corrected chi connectivity index (χ1v) is 12.9. The highest BCUT2D eigenvalue weighted by Gasteiger charge is 2.27. The molecule has 5 nitrogen and oxygen atoms in total. The number of nitrogens with zero attached hydrogens (tertiary/aromatic N) is 4. The summed E-state index contributed by atoms with van der Waals surface area (Å²) in [4.78, 5) is 24.8. The number of halogens is 1. The number of carbonyl (C=O) groups is 1. The van der Waals surface area contributed by atoms with Crippen molar-refractivity contribution in [2.45, 2.75) is 53.0 Å². The van der Waals surface area contributed by atoms with Crippen LogP contribution in [0.3, 0.4) is 0 Å². The van der Waals surface area contributed by atoms with Crippen LogP contribution in [0.2, 0.25) is 5.02 Å². The van der Waals surface area contributed by atoms with Crippen LogP contribution in [0.5, 0.6) is 0 Å². The Morgan fingerprint density at radius 3 is 2.53 bits per heavy atom. The van der Waals surface area contributed by atoms with E-state index in [4.69, 9.17) is 16.6 Å². The van der Waals surface area contributed by atoms with Crippen molar-refractivity contribution in [2.75, 3.05) is 26.2 Å². The van der Waals surface area contributed by atoms with Crippen molar-refractivity contribution in [1.82, 2.24) is 19.2 Å². The van der Waals surface area contributed by atoms with Gasteiger partial charge in [-0.25, -0.2) is 4.98 Å². The number of amides is 1. The summed E-state index contributed by atoms with van der Waals surface area (Å²) < 4.78 is 2.24. The van der Waals surface area contributed by atoms with Gasteiger partial charge in [-0.05, 0) is 31.9 Å². The predicted molar refractivity (Wildman–Crippen MR) is 133 cm³/mol. The molecule has 0 saturated carbocycles. The summed E-state index contributed by atoms with van der Waals surface area (Å²) in [5.74, 6) is 0.531. The van der Waals surface area contributed by atoms with Gasteiger partial charge in [-0.15, -0.1) is 11.3 Å². The number of aromatic nitrogens is 2. The Labute approximate surface area is 200 Å². The first-order chi connectivity index (χ1) is 15.5. The molecule has 0 N–H and O–H groups in total. The summed E-state index contributed by atoms with van der Waals surface area (Å²) in [5, 5.41) is 0.734. The Balaban J connectivity index is 1.48. The molecule has 1 fully saturated rings. The van der Waals surface area contributed by atoms with Gasteiger partial charge in [-0.3, -0.25) is 14.1 Å². The van der Waals surface area contributed by atoms with Crippen molar-refractivity contribution in [3.8, 4) is 11.3 Å². The van der Waals surface area contributed by atoms with E-state index in [2.05, 4.69) is 41.2 Å². The molecule has 0 radical (unpaired) electrons. The number of thiazole rings is 1. The van der Waals surface area contributed by atoms with E-state index in [1.807, 2.05) is 24.3 Å². The lowest BCUT2D eigenvalue weighted by molar-refractivity contribution is -0.137. The van der Waals surface area contributed by atoms with E-state index in [1.165, 1.54) is 10.6 Å². The molecule has 172 valence electrons. The van der Waals surface area contributed by atoms with E-state index < -0.39 is 0 Å². The third-order valence-electron chi connectivity index (χ3n) is 6.46. The molecule has 0 aliphatic carbocycles. The minimum atomic E-state index is 0.182. The van der Waals surface area contributed by atoms with Crippen LogP contribution in [-0.4, -0.2) is 51.3 Å². The molecule has 4 rings (SSSR count).